The summed E-state index contributed by atoms with van der Waals surface area (Å²) in [6.45, 7) is 3.96. The van der Waals surface area contributed by atoms with Gasteiger partial charge in [0.2, 0.25) is 5.91 Å². The second-order valence-corrected chi connectivity index (χ2v) is 5.77. The maximum Gasteiger partial charge on any atom is 0.248 e. The highest BCUT2D eigenvalue weighted by Crippen LogP contribution is 2.19. The smallest absolute Gasteiger partial charge is 0.248 e. The lowest BCUT2D eigenvalue weighted by molar-refractivity contribution is -0.144. The van der Waals surface area contributed by atoms with Crippen molar-refractivity contribution in [1.29, 1.82) is 0 Å². The molecule has 1 unspecified atom stereocenters. The average Bonchev–Trinajstić information content (AvgIpc) is 3.06. The summed E-state index contributed by atoms with van der Waals surface area (Å²) in [5, 5.41) is 6.91. The first-order chi connectivity index (χ1) is 11.7. The SMILES string of the molecule is Cc1nc(C2CN(C(=O)COCCc3ccccc3)CCO2)n[nH]1. The summed E-state index contributed by atoms with van der Waals surface area (Å²) in [6.07, 6.45) is 0.521. The highest BCUT2D eigenvalue weighted by molar-refractivity contribution is 5.77. The summed E-state index contributed by atoms with van der Waals surface area (Å²) < 4.78 is 11.2. The molecule has 0 spiro atoms. The summed E-state index contributed by atoms with van der Waals surface area (Å²) in [5.41, 5.74) is 1.20. The molecule has 2 heterocycles. The van der Waals surface area contributed by atoms with E-state index in [0.29, 0.717) is 32.1 Å². The maximum absolute atomic E-state index is 12.3. The minimum atomic E-state index is -0.281. The molecule has 24 heavy (non-hydrogen) atoms. The molecule has 0 saturated carbocycles. The molecule has 7 nitrogen and oxygen atoms in total. The van der Waals surface area contributed by atoms with E-state index in [1.807, 2.05) is 25.1 Å². The van der Waals surface area contributed by atoms with Crippen LogP contribution < -0.4 is 0 Å². The van der Waals surface area contributed by atoms with Gasteiger partial charge in [-0.3, -0.25) is 9.89 Å². The molecule has 2 aromatic rings. The summed E-state index contributed by atoms with van der Waals surface area (Å²) in [6, 6.07) is 10.1. The standard InChI is InChI=1S/C17H22N4O3/c1-13-18-17(20-19-13)15-11-21(8-10-24-15)16(22)12-23-9-7-14-5-3-2-4-6-14/h2-6,15H,7-12H2,1H3,(H,18,19,20). The molecule has 1 saturated heterocycles. The van der Waals surface area contributed by atoms with Crippen molar-refractivity contribution in [2.24, 2.45) is 0 Å². The van der Waals surface area contributed by atoms with Gasteiger partial charge in [0.15, 0.2) is 5.82 Å². The highest BCUT2D eigenvalue weighted by atomic mass is 16.5. The van der Waals surface area contributed by atoms with Gasteiger partial charge in [-0.1, -0.05) is 30.3 Å². The monoisotopic (exact) mass is 330 g/mol. The number of H-pyrrole nitrogens is 1. The van der Waals surface area contributed by atoms with Gasteiger partial charge in [-0.05, 0) is 18.9 Å². The summed E-state index contributed by atoms with van der Waals surface area (Å²) in [7, 11) is 0. The summed E-state index contributed by atoms with van der Waals surface area (Å²) in [4.78, 5) is 18.3. The van der Waals surface area contributed by atoms with E-state index in [-0.39, 0.29) is 18.6 Å². The average molecular weight is 330 g/mol. The number of aromatic amines is 1. The molecule has 1 amide bonds. The predicted molar refractivity (Wildman–Crippen MR) is 87.4 cm³/mol. The number of rotatable bonds is 6. The van der Waals surface area contributed by atoms with Crippen LogP contribution in [0.4, 0.5) is 0 Å². The number of nitrogens with zero attached hydrogens (tertiary/aromatic N) is 3. The van der Waals surface area contributed by atoms with Crippen molar-refractivity contribution in [3.05, 3.63) is 47.5 Å². The largest absolute Gasteiger partial charge is 0.371 e. The number of morpholine rings is 1. The van der Waals surface area contributed by atoms with Crippen molar-refractivity contribution < 1.29 is 14.3 Å². The van der Waals surface area contributed by atoms with Crippen LogP contribution in [0, 0.1) is 6.92 Å². The second kappa shape index (κ2) is 8.03. The number of benzene rings is 1. The first kappa shape index (κ1) is 16.6. The van der Waals surface area contributed by atoms with Crippen molar-refractivity contribution in [2.75, 3.05) is 32.9 Å². The van der Waals surface area contributed by atoms with Crippen molar-refractivity contribution >= 4 is 5.91 Å². The van der Waals surface area contributed by atoms with Gasteiger partial charge in [-0.25, -0.2) is 4.98 Å². The zero-order chi connectivity index (χ0) is 16.8. The fourth-order valence-corrected chi connectivity index (χ4v) is 2.62. The molecule has 1 aromatic heterocycles. The number of ether oxygens (including phenoxy) is 2. The molecule has 0 radical (unpaired) electrons. The van der Waals surface area contributed by atoms with Crippen molar-refractivity contribution in [3.8, 4) is 0 Å². The Morgan fingerprint density at radius 2 is 2.25 bits per heavy atom. The van der Waals surface area contributed by atoms with Crippen LogP contribution in [0.2, 0.25) is 0 Å². The van der Waals surface area contributed by atoms with Crippen molar-refractivity contribution in [3.63, 3.8) is 0 Å². The zero-order valence-corrected chi connectivity index (χ0v) is 13.8. The van der Waals surface area contributed by atoms with Gasteiger partial charge in [-0.15, -0.1) is 0 Å². The number of nitrogens with one attached hydrogen (secondary N) is 1. The lowest BCUT2D eigenvalue weighted by Gasteiger charge is -2.31. The minimum Gasteiger partial charge on any atom is -0.371 e. The lowest BCUT2D eigenvalue weighted by Crippen LogP contribution is -2.44. The fraction of sp³-hybridized carbons (Fsp3) is 0.471. The third-order valence-corrected chi connectivity index (χ3v) is 3.93. The Morgan fingerprint density at radius 3 is 3.00 bits per heavy atom. The molecular weight excluding hydrogens is 308 g/mol. The van der Waals surface area contributed by atoms with Gasteiger partial charge in [0.05, 0.1) is 19.8 Å². The Kier molecular flexibility index (Phi) is 5.55. The van der Waals surface area contributed by atoms with E-state index in [1.54, 1.807) is 4.90 Å². The first-order valence-electron chi connectivity index (χ1n) is 8.12. The molecule has 3 rings (SSSR count). The molecule has 0 aliphatic carbocycles. The number of aryl methyl sites for hydroxylation is 1. The molecule has 1 atom stereocenters. The number of hydrogen-bond donors (Lipinski definition) is 1. The quantitative estimate of drug-likeness (QED) is 0.807. The Labute approximate surface area is 141 Å². The van der Waals surface area contributed by atoms with Crippen LogP contribution in [-0.4, -0.2) is 58.9 Å². The van der Waals surface area contributed by atoms with Crippen molar-refractivity contribution in [1.82, 2.24) is 20.1 Å². The van der Waals surface area contributed by atoms with Gasteiger partial charge in [0, 0.05) is 6.54 Å². The van der Waals surface area contributed by atoms with E-state index >= 15 is 0 Å². The number of hydrogen-bond acceptors (Lipinski definition) is 5. The number of carbonyl (C=O) groups excluding carboxylic acids is 1. The molecule has 1 N–H and O–H groups in total. The van der Waals surface area contributed by atoms with Crippen LogP contribution in [0.5, 0.6) is 0 Å². The molecule has 1 aliphatic heterocycles. The normalized spacial score (nSPS) is 17.9. The van der Waals surface area contributed by atoms with Gasteiger partial charge < -0.3 is 14.4 Å². The van der Waals surface area contributed by atoms with E-state index in [2.05, 4.69) is 27.3 Å². The van der Waals surface area contributed by atoms with E-state index in [1.165, 1.54) is 5.56 Å². The van der Waals surface area contributed by atoms with Crippen LogP contribution in [0.15, 0.2) is 30.3 Å². The number of carbonyl (C=O) groups is 1. The van der Waals surface area contributed by atoms with Crippen LogP contribution in [0.3, 0.4) is 0 Å². The second-order valence-electron chi connectivity index (χ2n) is 5.77. The maximum atomic E-state index is 12.3. The van der Waals surface area contributed by atoms with E-state index in [0.717, 1.165) is 12.2 Å². The first-order valence-corrected chi connectivity index (χ1v) is 8.12. The molecule has 128 valence electrons. The highest BCUT2D eigenvalue weighted by Gasteiger charge is 2.27. The summed E-state index contributed by atoms with van der Waals surface area (Å²) in [5.74, 6) is 1.31. The van der Waals surface area contributed by atoms with Gasteiger partial charge in [-0.2, -0.15) is 5.10 Å². The molecule has 0 bridgehead atoms. The zero-order valence-electron chi connectivity index (χ0n) is 13.8. The van der Waals surface area contributed by atoms with E-state index < -0.39 is 0 Å². The summed E-state index contributed by atoms with van der Waals surface area (Å²) >= 11 is 0. The van der Waals surface area contributed by atoms with Crippen molar-refractivity contribution in [2.45, 2.75) is 19.4 Å². The Balaban J connectivity index is 1.43. The Morgan fingerprint density at radius 1 is 1.42 bits per heavy atom. The van der Waals surface area contributed by atoms with Crippen LogP contribution in [0.25, 0.3) is 0 Å². The van der Waals surface area contributed by atoms with Gasteiger partial charge in [0.25, 0.3) is 0 Å². The van der Waals surface area contributed by atoms with Crippen LogP contribution >= 0.6 is 0 Å². The molecular formula is C17H22N4O3. The Bertz CT molecular complexity index is 659. The molecule has 7 heteroatoms. The number of aromatic nitrogens is 3. The third-order valence-electron chi connectivity index (χ3n) is 3.93. The lowest BCUT2D eigenvalue weighted by atomic mass is 10.2. The minimum absolute atomic E-state index is 0.0244. The van der Waals surface area contributed by atoms with E-state index in [9.17, 15) is 4.79 Å². The van der Waals surface area contributed by atoms with Gasteiger partial charge in [0.1, 0.15) is 18.5 Å². The Hall–Kier alpha value is -2.25. The number of amides is 1. The molecule has 1 fully saturated rings. The topological polar surface area (TPSA) is 80.3 Å². The fourth-order valence-electron chi connectivity index (χ4n) is 2.62. The van der Waals surface area contributed by atoms with E-state index in [4.69, 9.17) is 9.47 Å². The van der Waals surface area contributed by atoms with Crippen LogP contribution in [-0.2, 0) is 20.7 Å². The predicted octanol–water partition coefficient (Wildman–Crippen LogP) is 1.27. The molecule has 1 aromatic carbocycles. The third kappa shape index (κ3) is 4.39. The van der Waals surface area contributed by atoms with Crippen LogP contribution in [0.1, 0.15) is 23.3 Å². The van der Waals surface area contributed by atoms with Gasteiger partial charge >= 0.3 is 0 Å². The molecule has 1 aliphatic rings.